The van der Waals surface area contributed by atoms with E-state index in [-0.39, 0.29) is 10.8 Å². The van der Waals surface area contributed by atoms with E-state index in [4.69, 9.17) is 0 Å². The first-order chi connectivity index (χ1) is 15.5. The number of carbonyl (C=O) groups excluding carboxylic acids is 1. The molecule has 0 unspecified atom stereocenters. The minimum atomic E-state index is -3.83. The van der Waals surface area contributed by atoms with Gasteiger partial charge in [-0.3, -0.25) is 4.79 Å². The van der Waals surface area contributed by atoms with Gasteiger partial charge in [0.15, 0.2) is 0 Å². The molecule has 9 heteroatoms. The van der Waals surface area contributed by atoms with E-state index >= 15 is 0 Å². The van der Waals surface area contributed by atoms with Crippen molar-refractivity contribution in [3.8, 4) is 0 Å². The summed E-state index contributed by atoms with van der Waals surface area (Å²) in [6.07, 6.45) is 4.17. The topological polar surface area (TPSA) is 83.5 Å². The lowest BCUT2D eigenvalue weighted by Crippen LogP contribution is -2.50. The number of rotatable bonds is 5. The molecule has 2 fully saturated rings. The van der Waals surface area contributed by atoms with Crippen LogP contribution in [0.25, 0.3) is 11.0 Å². The third-order valence-corrected chi connectivity index (χ3v) is 9.10. The Morgan fingerprint density at radius 2 is 1.75 bits per heavy atom. The van der Waals surface area contributed by atoms with Crippen molar-refractivity contribution < 1.29 is 13.2 Å². The van der Waals surface area contributed by atoms with Crippen molar-refractivity contribution in [2.24, 2.45) is 5.92 Å². The van der Waals surface area contributed by atoms with Gasteiger partial charge in [-0.1, -0.05) is 36.4 Å². The predicted octanol–water partition coefficient (Wildman–Crippen LogP) is 3.33. The molecule has 0 bridgehead atoms. The van der Waals surface area contributed by atoms with Gasteiger partial charge in [0.05, 0.1) is 11.7 Å². The molecule has 2 aromatic carbocycles. The first-order valence-corrected chi connectivity index (χ1v) is 13.3. The Morgan fingerprint density at radius 1 is 0.969 bits per heavy atom. The van der Waals surface area contributed by atoms with Gasteiger partial charge < -0.3 is 4.90 Å². The van der Waals surface area contributed by atoms with Gasteiger partial charge in [0, 0.05) is 19.6 Å². The second-order valence-corrected chi connectivity index (χ2v) is 11.0. The number of fused-ring (bicyclic) bond motifs is 1. The number of carbonyl (C=O) groups is 1. The van der Waals surface area contributed by atoms with E-state index in [2.05, 4.69) is 33.0 Å². The monoisotopic (exact) mass is 470 g/mol. The second-order valence-electron chi connectivity index (χ2n) is 8.62. The Labute approximate surface area is 192 Å². The number of sulfonamides is 1. The van der Waals surface area contributed by atoms with E-state index in [0.29, 0.717) is 49.4 Å². The fourth-order valence-electron chi connectivity index (χ4n) is 4.91. The molecular weight excluding hydrogens is 444 g/mol. The summed E-state index contributed by atoms with van der Waals surface area (Å²) in [5, 5.41) is 0. The minimum Gasteiger partial charge on any atom is -0.341 e. The molecule has 3 heterocycles. The maximum Gasteiger partial charge on any atom is 0.246 e. The molecular formula is C23H26N4O3S2. The molecule has 0 radical (unpaired) electrons. The van der Waals surface area contributed by atoms with Crippen molar-refractivity contribution in [3.05, 3.63) is 54.1 Å². The normalized spacial score (nSPS) is 20.8. The number of benzene rings is 2. The smallest absolute Gasteiger partial charge is 0.246 e. The van der Waals surface area contributed by atoms with E-state index in [1.807, 2.05) is 11.0 Å². The third kappa shape index (κ3) is 4.04. The first kappa shape index (κ1) is 21.5. The molecule has 2 aliphatic rings. The molecule has 1 atom stereocenters. The number of hydrogen-bond donors (Lipinski definition) is 0. The molecule has 3 aromatic rings. The SMILES string of the molecule is O=C([C@H]1CCCN1S(=O)(=O)c1cccc2nsnc12)N1CCC(Cc2ccccc2)CC1. The Kier molecular flexibility index (Phi) is 5.96. The van der Waals surface area contributed by atoms with Gasteiger partial charge in [0.25, 0.3) is 0 Å². The van der Waals surface area contributed by atoms with Crippen LogP contribution in [0.3, 0.4) is 0 Å². The van der Waals surface area contributed by atoms with Crippen molar-refractivity contribution in [2.75, 3.05) is 19.6 Å². The lowest BCUT2D eigenvalue weighted by molar-refractivity contribution is -0.136. The predicted molar refractivity (Wildman–Crippen MR) is 124 cm³/mol. The van der Waals surface area contributed by atoms with Crippen LogP contribution in [0.2, 0.25) is 0 Å². The zero-order chi connectivity index (χ0) is 22.1. The highest BCUT2D eigenvalue weighted by atomic mass is 32.2. The summed E-state index contributed by atoms with van der Waals surface area (Å²) in [6.45, 7) is 1.73. The standard InChI is InChI=1S/C23H26N4O3S2/c28-23(26-14-11-18(12-15-26)16-17-6-2-1-3-7-17)20-9-5-13-27(20)32(29,30)21-10-4-8-19-22(21)25-31-24-19/h1-4,6-8,10,18,20H,5,9,11-16H2/t20-/m1/s1. The van der Waals surface area contributed by atoms with Crippen molar-refractivity contribution in [1.29, 1.82) is 0 Å². The number of piperidine rings is 1. The largest absolute Gasteiger partial charge is 0.341 e. The van der Waals surface area contributed by atoms with Crippen LogP contribution < -0.4 is 0 Å². The average Bonchev–Trinajstić information content (AvgIpc) is 3.50. The van der Waals surface area contributed by atoms with Gasteiger partial charge in [-0.2, -0.15) is 13.1 Å². The number of likely N-dealkylation sites (tertiary alicyclic amines) is 1. The molecule has 2 saturated heterocycles. The number of nitrogens with zero attached hydrogens (tertiary/aromatic N) is 4. The van der Waals surface area contributed by atoms with Crippen LogP contribution in [-0.2, 0) is 21.2 Å². The fourth-order valence-corrected chi connectivity index (χ4v) is 7.31. The zero-order valence-electron chi connectivity index (χ0n) is 17.8. The average molecular weight is 471 g/mol. The minimum absolute atomic E-state index is 0.0622. The highest BCUT2D eigenvalue weighted by Crippen LogP contribution is 2.32. The van der Waals surface area contributed by atoms with Crippen molar-refractivity contribution in [1.82, 2.24) is 18.0 Å². The quantitative estimate of drug-likeness (QED) is 0.571. The highest BCUT2D eigenvalue weighted by molar-refractivity contribution is 7.89. The van der Waals surface area contributed by atoms with Crippen molar-refractivity contribution >= 4 is 38.7 Å². The summed E-state index contributed by atoms with van der Waals surface area (Å²) < 4.78 is 36.7. The fraction of sp³-hybridized carbons (Fsp3) is 0.435. The van der Waals surface area contributed by atoms with Gasteiger partial charge in [-0.05, 0) is 55.7 Å². The molecule has 0 saturated carbocycles. The first-order valence-electron chi connectivity index (χ1n) is 11.1. The van der Waals surface area contributed by atoms with Crippen LogP contribution in [0.15, 0.2) is 53.4 Å². The zero-order valence-corrected chi connectivity index (χ0v) is 19.4. The molecule has 7 nitrogen and oxygen atoms in total. The van der Waals surface area contributed by atoms with Crippen LogP contribution in [0.4, 0.5) is 0 Å². The lowest BCUT2D eigenvalue weighted by atomic mass is 9.90. The van der Waals surface area contributed by atoms with E-state index in [9.17, 15) is 13.2 Å². The Hall–Kier alpha value is -2.36. The third-order valence-electron chi connectivity index (χ3n) is 6.62. The van der Waals surface area contributed by atoms with Gasteiger partial charge in [0.2, 0.25) is 15.9 Å². The van der Waals surface area contributed by atoms with Crippen LogP contribution in [0.5, 0.6) is 0 Å². The van der Waals surface area contributed by atoms with E-state index in [0.717, 1.165) is 31.0 Å². The summed E-state index contributed by atoms with van der Waals surface area (Å²) in [7, 11) is -3.83. The lowest BCUT2D eigenvalue weighted by Gasteiger charge is -2.35. The molecule has 168 valence electrons. The number of amides is 1. The van der Waals surface area contributed by atoms with E-state index < -0.39 is 16.1 Å². The molecule has 32 heavy (non-hydrogen) atoms. The van der Waals surface area contributed by atoms with Crippen molar-refractivity contribution in [3.63, 3.8) is 0 Å². The van der Waals surface area contributed by atoms with Gasteiger partial charge >= 0.3 is 0 Å². The Bertz CT molecular complexity index is 1200. The Morgan fingerprint density at radius 3 is 2.53 bits per heavy atom. The summed E-state index contributed by atoms with van der Waals surface area (Å²) in [4.78, 5) is 15.4. The van der Waals surface area contributed by atoms with E-state index in [1.165, 1.54) is 9.87 Å². The van der Waals surface area contributed by atoms with E-state index in [1.54, 1.807) is 18.2 Å². The number of aromatic nitrogens is 2. The second kappa shape index (κ2) is 8.88. The van der Waals surface area contributed by atoms with Gasteiger partial charge in [0.1, 0.15) is 22.0 Å². The van der Waals surface area contributed by atoms with Crippen molar-refractivity contribution in [2.45, 2.75) is 43.0 Å². The van der Waals surface area contributed by atoms with Crippen LogP contribution in [0.1, 0.15) is 31.2 Å². The van der Waals surface area contributed by atoms with Crippen LogP contribution >= 0.6 is 11.7 Å². The van der Waals surface area contributed by atoms with Gasteiger partial charge in [-0.25, -0.2) is 8.42 Å². The van der Waals surface area contributed by atoms with Crippen LogP contribution in [-0.4, -0.2) is 58.0 Å². The molecule has 0 N–H and O–H groups in total. The molecule has 2 aliphatic heterocycles. The summed E-state index contributed by atoms with van der Waals surface area (Å²) >= 11 is 0.998. The Balaban J connectivity index is 1.28. The molecule has 0 aliphatic carbocycles. The maximum absolute atomic E-state index is 13.5. The molecule has 5 rings (SSSR count). The number of hydrogen-bond acceptors (Lipinski definition) is 6. The van der Waals surface area contributed by atoms with Crippen LogP contribution in [0, 0.1) is 5.92 Å². The maximum atomic E-state index is 13.5. The summed E-state index contributed by atoms with van der Waals surface area (Å²) in [5.74, 6) is 0.493. The van der Waals surface area contributed by atoms with Gasteiger partial charge in [-0.15, -0.1) is 0 Å². The molecule has 1 amide bonds. The highest BCUT2D eigenvalue weighted by Gasteiger charge is 2.42. The summed E-state index contributed by atoms with van der Waals surface area (Å²) in [5.41, 5.74) is 2.28. The molecule has 0 spiro atoms. The summed E-state index contributed by atoms with van der Waals surface area (Å²) in [6, 6.07) is 14.8. The molecule has 1 aromatic heterocycles.